The predicted octanol–water partition coefficient (Wildman–Crippen LogP) is 1.15. The Kier molecular flexibility index (Phi) is 2.15. The monoisotopic (exact) mass is 243 g/mol. The first kappa shape index (κ1) is 9.98. The highest BCUT2D eigenvalue weighted by atomic mass is 32.1. The molecule has 0 fully saturated rings. The smallest absolute Gasteiger partial charge is 0.163 e. The summed E-state index contributed by atoms with van der Waals surface area (Å²) in [5.74, 6) is 0.762. The molecule has 0 aliphatic heterocycles. The quantitative estimate of drug-likeness (QED) is 0.686. The molecule has 0 amide bonds. The zero-order valence-electron chi connectivity index (χ0n) is 8.82. The number of nitrogens with zero attached hydrogens (tertiary/aromatic N) is 4. The van der Waals surface area contributed by atoms with Crippen LogP contribution in [0.15, 0.2) is 43.0 Å². The lowest BCUT2D eigenvalue weighted by molar-refractivity contribution is 0.911. The van der Waals surface area contributed by atoms with Gasteiger partial charge >= 0.3 is 0 Å². The topological polar surface area (TPSA) is 61.1 Å². The van der Waals surface area contributed by atoms with Gasteiger partial charge in [-0.15, -0.1) is 0 Å². The van der Waals surface area contributed by atoms with Gasteiger partial charge < -0.3 is 5.73 Å². The molecule has 84 valence electrons. The SMILES string of the molecule is NC(=S)c1cccn1-c1nccn2nccc12. The summed E-state index contributed by atoms with van der Waals surface area (Å²) in [4.78, 5) is 4.70. The predicted molar refractivity (Wildman–Crippen MR) is 68.2 cm³/mol. The van der Waals surface area contributed by atoms with Crippen molar-refractivity contribution in [2.45, 2.75) is 0 Å². The molecular weight excluding hydrogens is 234 g/mol. The van der Waals surface area contributed by atoms with Crippen LogP contribution in [-0.2, 0) is 0 Å². The van der Waals surface area contributed by atoms with Gasteiger partial charge in [0.15, 0.2) is 5.82 Å². The average Bonchev–Trinajstić information content (AvgIpc) is 2.97. The molecule has 3 aromatic heterocycles. The summed E-state index contributed by atoms with van der Waals surface area (Å²) in [6.45, 7) is 0. The van der Waals surface area contributed by atoms with Crippen LogP contribution < -0.4 is 5.73 Å². The molecule has 3 aromatic rings. The highest BCUT2D eigenvalue weighted by molar-refractivity contribution is 7.80. The van der Waals surface area contributed by atoms with E-state index in [1.807, 2.05) is 29.0 Å². The van der Waals surface area contributed by atoms with Gasteiger partial charge in [-0.3, -0.25) is 4.57 Å². The van der Waals surface area contributed by atoms with Gasteiger partial charge in [-0.25, -0.2) is 9.50 Å². The molecule has 0 saturated carbocycles. The third-order valence-corrected chi connectivity index (χ3v) is 2.74. The average molecular weight is 243 g/mol. The number of fused-ring (bicyclic) bond motifs is 1. The van der Waals surface area contributed by atoms with Gasteiger partial charge in [0.25, 0.3) is 0 Å². The van der Waals surface area contributed by atoms with Crippen molar-refractivity contribution in [3.8, 4) is 5.82 Å². The van der Waals surface area contributed by atoms with Crippen LogP contribution in [0.25, 0.3) is 11.3 Å². The van der Waals surface area contributed by atoms with Gasteiger partial charge in [0, 0.05) is 18.6 Å². The number of rotatable bonds is 2. The van der Waals surface area contributed by atoms with E-state index in [-0.39, 0.29) is 0 Å². The maximum absolute atomic E-state index is 5.68. The number of hydrogen-bond acceptors (Lipinski definition) is 3. The summed E-state index contributed by atoms with van der Waals surface area (Å²) in [5.41, 5.74) is 7.35. The van der Waals surface area contributed by atoms with E-state index in [9.17, 15) is 0 Å². The van der Waals surface area contributed by atoms with Gasteiger partial charge in [-0.2, -0.15) is 5.10 Å². The van der Waals surface area contributed by atoms with Gasteiger partial charge in [0.05, 0.1) is 11.9 Å². The molecular formula is C11H9N5S. The van der Waals surface area contributed by atoms with Crippen molar-refractivity contribution in [3.63, 3.8) is 0 Å². The van der Waals surface area contributed by atoms with E-state index < -0.39 is 0 Å². The number of thiocarbonyl (C=S) groups is 1. The molecule has 3 heterocycles. The third kappa shape index (κ3) is 1.50. The Bertz CT molecular complexity index is 697. The zero-order valence-corrected chi connectivity index (χ0v) is 9.63. The molecule has 0 spiro atoms. The second-order valence-corrected chi connectivity index (χ2v) is 3.98. The van der Waals surface area contributed by atoms with Crippen LogP contribution in [0.4, 0.5) is 0 Å². The Morgan fingerprint density at radius 2 is 2.12 bits per heavy atom. The van der Waals surface area contributed by atoms with Crippen molar-refractivity contribution < 1.29 is 0 Å². The van der Waals surface area contributed by atoms with E-state index >= 15 is 0 Å². The maximum Gasteiger partial charge on any atom is 0.163 e. The Morgan fingerprint density at radius 1 is 1.24 bits per heavy atom. The van der Waals surface area contributed by atoms with Crippen LogP contribution >= 0.6 is 12.2 Å². The summed E-state index contributed by atoms with van der Waals surface area (Å²) in [5, 5.41) is 4.16. The molecule has 17 heavy (non-hydrogen) atoms. The molecule has 0 radical (unpaired) electrons. The fraction of sp³-hybridized carbons (Fsp3) is 0. The van der Waals surface area contributed by atoms with Crippen LogP contribution in [0.2, 0.25) is 0 Å². The first-order valence-corrected chi connectivity index (χ1v) is 5.44. The number of aromatic nitrogens is 4. The van der Waals surface area contributed by atoms with Crippen LogP contribution in [0.1, 0.15) is 5.69 Å². The van der Waals surface area contributed by atoms with Crippen molar-refractivity contribution in [3.05, 3.63) is 48.7 Å². The standard InChI is InChI=1S/C11H9N5S/c12-10(17)8-2-1-6-15(8)11-9-3-4-14-16(9)7-5-13-11/h1-7H,(H2,12,17). The van der Waals surface area contributed by atoms with Crippen LogP contribution in [0.3, 0.4) is 0 Å². The second-order valence-electron chi connectivity index (χ2n) is 3.54. The maximum atomic E-state index is 5.68. The van der Waals surface area contributed by atoms with Crippen LogP contribution in [-0.4, -0.2) is 24.2 Å². The minimum atomic E-state index is 0.346. The third-order valence-electron chi connectivity index (χ3n) is 2.53. The summed E-state index contributed by atoms with van der Waals surface area (Å²) in [6.07, 6.45) is 7.09. The first-order chi connectivity index (χ1) is 8.27. The normalized spacial score (nSPS) is 10.8. The highest BCUT2D eigenvalue weighted by Gasteiger charge is 2.10. The summed E-state index contributed by atoms with van der Waals surface area (Å²) < 4.78 is 3.62. The number of nitrogens with two attached hydrogens (primary N) is 1. The molecule has 0 saturated heterocycles. The Labute approximate surface area is 102 Å². The van der Waals surface area contributed by atoms with Crippen LogP contribution in [0.5, 0.6) is 0 Å². The lowest BCUT2D eigenvalue weighted by atomic mass is 10.4. The molecule has 6 heteroatoms. The van der Waals surface area contributed by atoms with Gasteiger partial charge in [-0.1, -0.05) is 12.2 Å². The summed E-state index contributed by atoms with van der Waals surface area (Å²) >= 11 is 5.01. The Balaban J connectivity index is 2.30. The van der Waals surface area contributed by atoms with Crippen LogP contribution in [0, 0.1) is 0 Å². The fourth-order valence-corrected chi connectivity index (χ4v) is 1.96. The van der Waals surface area contributed by atoms with Crippen molar-refractivity contribution in [1.29, 1.82) is 0 Å². The molecule has 2 N–H and O–H groups in total. The molecule has 0 aromatic carbocycles. The lowest BCUT2D eigenvalue weighted by Gasteiger charge is -2.08. The lowest BCUT2D eigenvalue weighted by Crippen LogP contribution is -2.15. The van der Waals surface area contributed by atoms with Crippen molar-refractivity contribution in [2.75, 3.05) is 0 Å². The van der Waals surface area contributed by atoms with E-state index in [0.29, 0.717) is 4.99 Å². The van der Waals surface area contributed by atoms with Gasteiger partial charge in [-0.05, 0) is 18.2 Å². The van der Waals surface area contributed by atoms with E-state index in [1.54, 1.807) is 23.1 Å². The zero-order chi connectivity index (χ0) is 11.8. The van der Waals surface area contributed by atoms with E-state index in [2.05, 4.69) is 10.1 Å². The van der Waals surface area contributed by atoms with Crippen molar-refractivity contribution in [1.82, 2.24) is 19.2 Å². The molecule has 5 nitrogen and oxygen atoms in total. The minimum absolute atomic E-state index is 0.346. The van der Waals surface area contributed by atoms with E-state index in [0.717, 1.165) is 17.0 Å². The molecule has 0 bridgehead atoms. The summed E-state index contributed by atoms with van der Waals surface area (Å²) in [7, 11) is 0. The second kappa shape index (κ2) is 3.67. The van der Waals surface area contributed by atoms with Gasteiger partial charge in [0.2, 0.25) is 0 Å². The number of hydrogen-bond donors (Lipinski definition) is 1. The molecule has 0 atom stereocenters. The van der Waals surface area contributed by atoms with E-state index in [1.165, 1.54) is 0 Å². The summed E-state index contributed by atoms with van der Waals surface area (Å²) in [6, 6.07) is 5.64. The molecule has 0 aliphatic carbocycles. The van der Waals surface area contributed by atoms with Crippen molar-refractivity contribution in [2.24, 2.45) is 5.73 Å². The Hall–Kier alpha value is -2.21. The highest BCUT2D eigenvalue weighted by Crippen LogP contribution is 2.15. The minimum Gasteiger partial charge on any atom is -0.388 e. The van der Waals surface area contributed by atoms with E-state index in [4.69, 9.17) is 18.0 Å². The largest absolute Gasteiger partial charge is 0.388 e. The van der Waals surface area contributed by atoms with Crippen molar-refractivity contribution >= 4 is 22.7 Å². The molecule has 3 rings (SSSR count). The molecule has 0 unspecified atom stereocenters. The fourth-order valence-electron chi connectivity index (χ4n) is 1.80. The van der Waals surface area contributed by atoms with Gasteiger partial charge in [0.1, 0.15) is 10.5 Å². The molecule has 0 aliphatic rings. The Morgan fingerprint density at radius 3 is 2.94 bits per heavy atom. The first-order valence-electron chi connectivity index (χ1n) is 5.03.